The first-order chi connectivity index (χ1) is 12.4. The molecule has 6 nitrogen and oxygen atoms in total. The molecular formula is C19H23FN4O2. The molecule has 0 bridgehead atoms. The van der Waals surface area contributed by atoms with Crippen molar-refractivity contribution in [2.45, 2.75) is 39.2 Å². The van der Waals surface area contributed by atoms with Gasteiger partial charge in [0.25, 0.3) is 5.91 Å². The number of amides is 2. The molecule has 1 aliphatic rings. The van der Waals surface area contributed by atoms with Crippen molar-refractivity contribution in [1.29, 1.82) is 0 Å². The number of aryl methyl sites for hydroxylation is 2. The molecule has 1 atom stereocenters. The standard InChI is InChI=1S/C19H23FN4O2/c1-11-17(12(2)24(3)23-11)13-8-14(10-15(20)9-13)18(25)22-16-6-4-5-7-21-19(16)26/h8-10,16H,4-7H2,1-3H3,(H,21,26)(H,22,25). The van der Waals surface area contributed by atoms with E-state index in [1.54, 1.807) is 10.7 Å². The minimum absolute atomic E-state index is 0.188. The van der Waals surface area contributed by atoms with Crippen LogP contribution >= 0.6 is 0 Å². The second-order valence-corrected chi connectivity index (χ2v) is 6.71. The lowest BCUT2D eigenvalue weighted by Crippen LogP contribution is -2.45. The minimum atomic E-state index is -0.585. The van der Waals surface area contributed by atoms with Crippen LogP contribution in [0, 0.1) is 19.7 Å². The Morgan fingerprint density at radius 2 is 2.08 bits per heavy atom. The number of hydrogen-bond acceptors (Lipinski definition) is 3. The Morgan fingerprint density at radius 1 is 1.31 bits per heavy atom. The molecule has 138 valence electrons. The molecule has 2 aromatic rings. The van der Waals surface area contributed by atoms with Crippen LogP contribution in [0.3, 0.4) is 0 Å². The van der Waals surface area contributed by atoms with Crippen LogP contribution in [0.1, 0.15) is 41.0 Å². The van der Waals surface area contributed by atoms with E-state index in [1.807, 2.05) is 20.9 Å². The Labute approximate surface area is 151 Å². The number of rotatable bonds is 3. The number of carbonyl (C=O) groups excluding carboxylic acids is 2. The maximum absolute atomic E-state index is 14.2. The van der Waals surface area contributed by atoms with Gasteiger partial charge in [0.2, 0.25) is 5.91 Å². The van der Waals surface area contributed by atoms with Crippen molar-refractivity contribution < 1.29 is 14.0 Å². The lowest BCUT2D eigenvalue weighted by atomic mass is 10.0. The van der Waals surface area contributed by atoms with E-state index >= 15 is 0 Å². The maximum atomic E-state index is 14.2. The van der Waals surface area contributed by atoms with E-state index in [0.29, 0.717) is 18.5 Å². The number of nitrogens with one attached hydrogen (secondary N) is 2. The van der Waals surface area contributed by atoms with Gasteiger partial charge in [-0.15, -0.1) is 0 Å². The summed E-state index contributed by atoms with van der Waals surface area (Å²) in [5.74, 6) is -1.14. The molecule has 26 heavy (non-hydrogen) atoms. The highest BCUT2D eigenvalue weighted by Gasteiger charge is 2.23. The van der Waals surface area contributed by atoms with Gasteiger partial charge in [0.1, 0.15) is 11.9 Å². The second kappa shape index (κ2) is 7.27. The monoisotopic (exact) mass is 358 g/mol. The van der Waals surface area contributed by atoms with E-state index in [2.05, 4.69) is 15.7 Å². The number of nitrogens with zero attached hydrogens (tertiary/aromatic N) is 2. The third-order valence-electron chi connectivity index (χ3n) is 4.80. The summed E-state index contributed by atoms with van der Waals surface area (Å²) in [5, 5.41) is 9.85. The summed E-state index contributed by atoms with van der Waals surface area (Å²) in [6.45, 7) is 4.37. The van der Waals surface area contributed by atoms with Crippen molar-refractivity contribution in [3.63, 3.8) is 0 Å². The number of halogens is 1. The fraction of sp³-hybridized carbons (Fsp3) is 0.421. The third-order valence-corrected chi connectivity index (χ3v) is 4.80. The lowest BCUT2D eigenvalue weighted by molar-refractivity contribution is -0.122. The summed E-state index contributed by atoms with van der Waals surface area (Å²) < 4.78 is 15.9. The molecular weight excluding hydrogens is 335 g/mol. The Kier molecular flexibility index (Phi) is 5.06. The average Bonchev–Trinajstić information content (AvgIpc) is 2.72. The van der Waals surface area contributed by atoms with Gasteiger partial charge in [-0.1, -0.05) is 0 Å². The Bertz CT molecular complexity index is 859. The van der Waals surface area contributed by atoms with Gasteiger partial charge in [-0.3, -0.25) is 14.3 Å². The summed E-state index contributed by atoms with van der Waals surface area (Å²) in [6.07, 6.45) is 2.33. The average molecular weight is 358 g/mol. The van der Waals surface area contributed by atoms with E-state index in [9.17, 15) is 14.0 Å². The number of hydrogen-bond donors (Lipinski definition) is 2. The van der Waals surface area contributed by atoms with Gasteiger partial charge in [0, 0.05) is 30.4 Å². The van der Waals surface area contributed by atoms with Crippen molar-refractivity contribution in [3.05, 3.63) is 41.0 Å². The highest BCUT2D eigenvalue weighted by molar-refractivity contribution is 5.98. The van der Waals surface area contributed by atoms with Gasteiger partial charge >= 0.3 is 0 Å². The van der Waals surface area contributed by atoms with Crippen LogP contribution in [-0.2, 0) is 11.8 Å². The first-order valence-corrected chi connectivity index (χ1v) is 8.76. The predicted octanol–water partition coefficient (Wildman–Crippen LogP) is 2.24. The summed E-state index contributed by atoms with van der Waals surface area (Å²) in [5.41, 5.74) is 3.27. The molecule has 7 heteroatoms. The fourth-order valence-corrected chi connectivity index (χ4v) is 3.38. The van der Waals surface area contributed by atoms with E-state index in [-0.39, 0.29) is 11.5 Å². The topological polar surface area (TPSA) is 76.0 Å². The molecule has 3 rings (SSSR count). The van der Waals surface area contributed by atoms with Gasteiger partial charge in [-0.25, -0.2) is 4.39 Å². The molecule has 0 saturated carbocycles. The zero-order chi connectivity index (χ0) is 18.8. The van der Waals surface area contributed by atoms with Crippen LogP contribution in [0.2, 0.25) is 0 Å². The summed E-state index contributed by atoms with van der Waals surface area (Å²) in [7, 11) is 1.82. The zero-order valence-corrected chi connectivity index (χ0v) is 15.2. The second-order valence-electron chi connectivity index (χ2n) is 6.71. The van der Waals surface area contributed by atoms with Gasteiger partial charge in [0.15, 0.2) is 0 Å². The van der Waals surface area contributed by atoms with Crippen molar-refractivity contribution >= 4 is 11.8 Å². The molecule has 1 saturated heterocycles. The highest BCUT2D eigenvalue weighted by atomic mass is 19.1. The third kappa shape index (κ3) is 3.61. The predicted molar refractivity (Wildman–Crippen MR) is 96.2 cm³/mol. The number of aromatic nitrogens is 2. The Balaban J connectivity index is 1.89. The quantitative estimate of drug-likeness (QED) is 0.884. The van der Waals surface area contributed by atoms with Gasteiger partial charge in [0.05, 0.1) is 5.69 Å². The van der Waals surface area contributed by atoms with E-state index in [4.69, 9.17) is 0 Å². The Morgan fingerprint density at radius 3 is 2.77 bits per heavy atom. The molecule has 1 unspecified atom stereocenters. The molecule has 1 aromatic heterocycles. The summed E-state index contributed by atoms with van der Waals surface area (Å²) in [4.78, 5) is 24.6. The Hall–Kier alpha value is -2.70. The van der Waals surface area contributed by atoms with E-state index in [0.717, 1.165) is 29.8 Å². The van der Waals surface area contributed by atoms with Crippen LogP contribution < -0.4 is 10.6 Å². The van der Waals surface area contributed by atoms with Crippen LogP contribution in [0.25, 0.3) is 11.1 Å². The van der Waals surface area contributed by atoms with Crippen LogP contribution in [0.5, 0.6) is 0 Å². The number of benzene rings is 1. The molecule has 0 spiro atoms. The first-order valence-electron chi connectivity index (χ1n) is 8.76. The zero-order valence-electron chi connectivity index (χ0n) is 15.2. The molecule has 1 aliphatic heterocycles. The van der Waals surface area contributed by atoms with Crippen molar-refractivity contribution in [2.24, 2.45) is 7.05 Å². The SMILES string of the molecule is Cc1nn(C)c(C)c1-c1cc(F)cc(C(=O)NC2CCCCNC2=O)c1. The van der Waals surface area contributed by atoms with Gasteiger partial charge in [-0.2, -0.15) is 5.10 Å². The van der Waals surface area contributed by atoms with Crippen molar-refractivity contribution in [1.82, 2.24) is 20.4 Å². The van der Waals surface area contributed by atoms with Crippen LogP contribution in [-0.4, -0.2) is 34.2 Å². The molecule has 0 aliphatic carbocycles. The van der Waals surface area contributed by atoms with Crippen LogP contribution in [0.15, 0.2) is 18.2 Å². The molecule has 0 radical (unpaired) electrons. The normalized spacial score (nSPS) is 17.5. The largest absolute Gasteiger partial charge is 0.354 e. The molecule has 1 aromatic carbocycles. The molecule has 2 amide bonds. The summed E-state index contributed by atoms with van der Waals surface area (Å²) >= 11 is 0. The number of carbonyl (C=O) groups is 2. The maximum Gasteiger partial charge on any atom is 0.252 e. The van der Waals surface area contributed by atoms with Gasteiger partial charge < -0.3 is 10.6 Å². The van der Waals surface area contributed by atoms with Crippen molar-refractivity contribution in [3.8, 4) is 11.1 Å². The van der Waals surface area contributed by atoms with Crippen molar-refractivity contribution in [2.75, 3.05) is 6.54 Å². The molecule has 2 heterocycles. The molecule has 2 N–H and O–H groups in total. The summed E-state index contributed by atoms with van der Waals surface area (Å²) in [6, 6.07) is 3.64. The van der Waals surface area contributed by atoms with Gasteiger partial charge in [-0.05, 0) is 56.9 Å². The molecule has 1 fully saturated rings. The van der Waals surface area contributed by atoms with E-state index in [1.165, 1.54) is 12.1 Å². The van der Waals surface area contributed by atoms with E-state index < -0.39 is 17.8 Å². The first kappa shape index (κ1) is 18.1. The highest BCUT2D eigenvalue weighted by Crippen LogP contribution is 2.28. The minimum Gasteiger partial charge on any atom is -0.354 e. The van der Waals surface area contributed by atoms with Crippen LogP contribution in [0.4, 0.5) is 4.39 Å². The lowest BCUT2D eigenvalue weighted by Gasteiger charge is -2.15. The fourth-order valence-electron chi connectivity index (χ4n) is 3.38. The smallest absolute Gasteiger partial charge is 0.252 e.